The molecule has 1 aromatic heterocycles. The standard InChI is InChI=1S/C21H24ClN3O/c1-15(20-13-25(3)24-16(20)2)23-12-17-7-6-9-19(11-17)26-14-18-8-4-5-10-21(18)22/h4-11,13,15,23H,12,14H2,1-3H3. The van der Waals surface area contributed by atoms with E-state index in [9.17, 15) is 0 Å². The van der Waals surface area contributed by atoms with Gasteiger partial charge < -0.3 is 10.1 Å². The third kappa shape index (κ3) is 4.65. The minimum atomic E-state index is 0.233. The molecule has 5 heteroatoms. The van der Waals surface area contributed by atoms with E-state index in [1.807, 2.05) is 55.1 Å². The zero-order valence-electron chi connectivity index (χ0n) is 15.4. The highest BCUT2D eigenvalue weighted by atomic mass is 35.5. The molecule has 0 bridgehead atoms. The lowest BCUT2D eigenvalue weighted by Crippen LogP contribution is -2.18. The minimum absolute atomic E-state index is 0.233. The Morgan fingerprint density at radius 3 is 2.73 bits per heavy atom. The topological polar surface area (TPSA) is 39.1 Å². The Morgan fingerprint density at radius 2 is 2.00 bits per heavy atom. The number of hydrogen-bond acceptors (Lipinski definition) is 3. The highest BCUT2D eigenvalue weighted by molar-refractivity contribution is 6.31. The molecule has 0 aliphatic rings. The van der Waals surface area contributed by atoms with Crippen LogP contribution >= 0.6 is 11.6 Å². The van der Waals surface area contributed by atoms with E-state index in [-0.39, 0.29) is 6.04 Å². The second kappa shape index (κ2) is 8.39. The summed E-state index contributed by atoms with van der Waals surface area (Å²) in [4.78, 5) is 0. The lowest BCUT2D eigenvalue weighted by Gasteiger charge is -2.14. The molecule has 0 amide bonds. The third-order valence-electron chi connectivity index (χ3n) is 4.38. The number of aromatic nitrogens is 2. The third-order valence-corrected chi connectivity index (χ3v) is 4.75. The summed E-state index contributed by atoms with van der Waals surface area (Å²) in [7, 11) is 1.95. The number of ether oxygens (including phenoxy) is 1. The Labute approximate surface area is 159 Å². The predicted octanol–water partition coefficient (Wildman–Crippen LogP) is 4.81. The fraction of sp³-hybridized carbons (Fsp3) is 0.286. The number of nitrogens with zero attached hydrogens (tertiary/aromatic N) is 2. The van der Waals surface area contributed by atoms with Gasteiger partial charge in [0, 0.05) is 42.0 Å². The van der Waals surface area contributed by atoms with Crippen molar-refractivity contribution < 1.29 is 4.74 Å². The van der Waals surface area contributed by atoms with Crippen LogP contribution in [0.2, 0.25) is 5.02 Å². The van der Waals surface area contributed by atoms with E-state index in [0.717, 1.165) is 28.6 Å². The summed E-state index contributed by atoms with van der Waals surface area (Å²) in [5, 5.41) is 8.68. The summed E-state index contributed by atoms with van der Waals surface area (Å²) in [6.07, 6.45) is 2.07. The van der Waals surface area contributed by atoms with Crippen molar-refractivity contribution in [3.63, 3.8) is 0 Å². The number of benzene rings is 2. The van der Waals surface area contributed by atoms with Gasteiger partial charge >= 0.3 is 0 Å². The van der Waals surface area contributed by atoms with Gasteiger partial charge in [-0.3, -0.25) is 4.68 Å². The Hall–Kier alpha value is -2.30. The largest absolute Gasteiger partial charge is 0.489 e. The fourth-order valence-corrected chi connectivity index (χ4v) is 3.14. The normalized spacial score (nSPS) is 12.2. The molecule has 3 rings (SSSR count). The maximum absolute atomic E-state index is 6.18. The van der Waals surface area contributed by atoms with Crippen molar-refractivity contribution in [1.82, 2.24) is 15.1 Å². The van der Waals surface area contributed by atoms with E-state index in [0.29, 0.717) is 6.61 Å². The van der Waals surface area contributed by atoms with E-state index in [4.69, 9.17) is 16.3 Å². The Kier molecular flexibility index (Phi) is 5.96. The van der Waals surface area contributed by atoms with Gasteiger partial charge in [-0.1, -0.05) is 41.9 Å². The monoisotopic (exact) mass is 369 g/mol. The van der Waals surface area contributed by atoms with E-state index in [2.05, 4.69) is 35.7 Å². The van der Waals surface area contributed by atoms with Gasteiger partial charge in [0.25, 0.3) is 0 Å². The molecular formula is C21H24ClN3O. The molecule has 2 aromatic carbocycles. The van der Waals surface area contributed by atoms with Crippen molar-refractivity contribution in [3.8, 4) is 5.75 Å². The average molecular weight is 370 g/mol. The second-order valence-electron chi connectivity index (χ2n) is 6.47. The molecule has 1 atom stereocenters. The van der Waals surface area contributed by atoms with Gasteiger partial charge in [-0.05, 0) is 37.6 Å². The number of halogens is 1. The molecule has 1 heterocycles. The van der Waals surface area contributed by atoms with Crippen molar-refractivity contribution in [1.29, 1.82) is 0 Å². The van der Waals surface area contributed by atoms with Crippen LogP contribution in [0.3, 0.4) is 0 Å². The van der Waals surface area contributed by atoms with Crippen LogP contribution in [0.1, 0.15) is 35.3 Å². The van der Waals surface area contributed by atoms with Crippen LogP contribution < -0.4 is 10.1 Å². The summed E-state index contributed by atoms with van der Waals surface area (Å²) in [5.74, 6) is 0.842. The molecule has 0 saturated carbocycles. The van der Waals surface area contributed by atoms with E-state index >= 15 is 0 Å². The molecule has 1 N–H and O–H groups in total. The molecule has 26 heavy (non-hydrogen) atoms. The second-order valence-corrected chi connectivity index (χ2v) is 6.88. The highest BCUT2D eigenvalue weighted by Gasteiger charge is 2.11. The fourth-order valence-electron chi connectivity index (χ4n) is 2.95. The van der Waals surface area contributed by atoms with Crippen LogP contribution in [0.4, 0.5) is 0 Å². The first kappa shape index (κ1) is 18.5. The van der Waals surface area contributed by atoms with Crippen molar-refractivity contribution in [2.45, 2.75) is 33.0 Å². The molecule has 4 nitrogen and oxygen atoms in total. The number of nitrogens with one attached hydrogen (secondary N) is 1. The van der Waals surface area contributed by atoms with Crippen LogP contribution in [0.15, 0.2) is 54.7 Å². The molecule has 0 aliphatic heterocycles. The van der Waals surface area contributed by atoms with E-state index in [1.165, 1.54) is 11.1 Å². The zero-order chi connectivity index (χ0) is 18.5. The van der Waals surface area contributed by atoms with Crippen molar-refractivity contribution in [3.05, 3.63) is 82.1 Å². The van der Waals surface area contributed by atoms with Crippen LogP contribution in [-0.4, -0.2) is 9.78 Å². The van der Waals surface area contributed by atoms with Crippen molar-refractivity contribution >= 4 is 11.6 Å². The molecule has 0 spiro atoms. The van der Waals surface area contributed by atoms with E-state index in [1.54, 1.807) is 0 Å². The van der Waals surface area contributed by atoms with Crippen LogP contribution in [-0.2, 0) is 20.2 Å². The summed E-state index contributed by atoms with van der Waals surface area (Å²) in [5.41, 5.74) is 4.44. The number of hydrogen-bond donors (Lipinski definition) is 1. The van der Waals surface area contributed by atoms with Gasteiger partial charge in [-0.25, -0.2) is 0 Å². The summed E-state index contributed by atoms with van der Waals surface area (Å²) in [6, 6.07) is 16.1. The number of rotatable bonds is 7. The molecular weight excluding hydrogens is 346 g/mol. The van der Waals surface area contributed by atoms with Gasteiger partial charge in [0.1, 0.15) is 12.4 Å². The smallest absolute Gasteiger partial charge is 0.120 e. The van der Waals surface area contributed by atoms with Gasteiger partial charge in [-0.15, -0.1) is 0 Å². The summed E-state index contributed by atoms with van der Waals surface area (Å²) < 4.78 is 7.76. The zero-order valence-corrected chi connectivity index (χ0v) is 16.1. The molecule has 0 saturated heterocycles. The van der Waals surface area contributed by atoms with E-state index < -0.39 is 0 Å². The maximum atomic E-state index is 6.18. The van der Waals surface area contributed by atoms with Crippen LogP contribution in [0, 0.1) is 6.92 Å². The predicted molar refractivity (Wildman–Crippen MR) is 105 cm³/mol. The highest BCUT2D eigenvalue weighted by Crippen LogP contribution is 2.20. The Morgan fingerprint density at radius 1 is 1.19 bits per heavy atom. The molecule has 0 aliphatic carbocycles. The van der Waals surface area contributed by atoms with Gasteiger partial charge in [0.15, 0.2) is 0 Å². The van der Waals surface area contributed by atoms with Gasteiger partial charge in [0.05, 0.1) is 5.69 Å². The first-order valence-corrected chi connectivity index (χ1v) is 9.09. The molecule has 0 fully saturated rings. The quantitative estimate of drug-likeness (QED) is 0.649. The molecule has 0 radical (unpaired) electrons. The maximum Gasteiger partial charge on any atom is 0.120 e. The Balaban J connectivity index is 1.59. The lowest BCUT2D eigenvalue weighted by atomic mass is 10.1. The average Bonchev–Trinajstić information content (AvgIpc) is 2.98. The molecule has 1 unspecified atom stereocenters. The minimum Gasteiger partial charge on any atom is -0.489 e. The van der Waals surface area contributed by atoms with Gasteiger partial charge in [-0.2, -0.15) is 5.10 Å². The van der Waals surface area contributed by atoms with Crippen LogP contribution in [0.25, 0.3) is 0 Å². The number of aryl methyl sites for hydroxylation is 2. The van der Waals surface area contributed by atoms with Crippen molar-refractivity contribution in [2.75, 3.05) is 0 Å². The Bertz CT molecular complexity index is 875. The van der Waals surface area contributed by atoms with Crippen LogP contribution in [0.5, 0.6) is 5.75 Å². The molecule has 136 valence electrons. The molecule has 3 aromatic rings. The lowest BCUT2D eigenvalue weighted by molar-refractivity contribution is 0.306. The summed E-state index contributed by atoms with van der Waals surface area (Å²) >= 11 is 6.18. The first-order chi connectivity index (χ1) is 12.5. The van der Waals surface area contributed by atoms with Gasteiger partial charge in [0.2, 0.25) is 0 Å². The first-order valence-electron chi connectivity index (χ1n) is 8.71. The van der Waals surface area contributed by atoms with Crippen molar-refractivity contribution in [2.24, 2.45) is 7.05 Å². The summed E-state index contributed by atoms with van der Waals surface area (Å²) in [6.45, 7) is 5.42. The SMILES string of the molecule is Cc1nn(C)cc1C(C)NCc1cccc(OCc2ccccc2Cl)c1.